The molecule has 0 aliphatic carbocycles. The van der Waals surface area contributed by atoms with Crippen molar-refractivity contribution in [1.29, 1.82) is 0 Å². The number of nitrogens with one attached hydrogen (secondary N) is 3. The highest BCUT2D eigenvalue weighted by atomic mass is 32.2. The SMILES string of the molecule is CSCCC(NC(=O)C(N)CC(=O)O)C(=O)NC(CCCN=C(N)N)C(=O)NC(C(=O)O)C(C)C. The standard InChI is InChI=1S/C20H37N7O7S/c1-10(2)15(19(33)34)27-18(32)12(5-4-7-24-20(22)23)26-17(31)13(6-8-35-3)25-16(30)11(21)9-14(28)29/h10-13,15H,4-9,21H2,1-3H3,(H,25,30)(H,26,31)(H,27,32)(H,28,29)(H,33,34)(H4,22,23,24). The zero-order valence-corrected chi connectivity index (χ0v) is 21.0. The Morgan fingerprint density at radius 1 is 0.914 bits per heavy atom. The quantitative estimate of drug-likeness (QED) is 0.0580. The predicted octanol–water partition coefficient (Wildman–Crippen LogP) is -2.21. The smallest absolute Gasteiger partial charge is 0.326 e. The van der Waals surface area contributed by atoms with E-state index in [2.05, 4.69) is 20.9 Å². The molecule has 35 heavy (non-hydrogen) atoms. The molecule has 0 spiro atoms. The molecule has 0 aromatic carbocycles. The Morgan fingerprint density at radius 3 is 1.94 bits per heavy atom. The maximum absolute atomic E-state index is 13.0. The van der Waals surface area contributed by atoms with E-state index in [0.717, 1.165) is 0 Å². The summed E-state index contributed by atoms with van der Waals surface area (Å²) in [4.78, 5) is 64.3. The lowest BCUT2D eigenvalue weighted by Crippen LogP contribution is -2.57. The molecule has 0 aromatic heterocycles. The number of hydrogen-bond acceptors (Lipinski definition) is 8. The fraction of sp³-hybridized carbons (Fsp3) is 0.700. The fourth-order valence-corrected chi connectivity index (χ4v) is 3.35. The van der Waals surface area contributed by atoms with Gasteiger partial charge in [-0.2, -0.15) is 11.8 Å². The largest absolute Gasteiger partial charge is 0.481 e. The van der Waals surface area contributed by atoms with Gasteiger partial charge in [0.15, 0.2) is 5.96 Å². The molecule has 3 amide bonds. The number of amides is 3. The van der Waals surface area contributed by atoms with Crippen LogP contribution < -0.4 is 33.2 Å². The molecule has 0 aliphatic rings. The van der Waals surface area contributed by atoms with Crippen molar-refractivity contribution < 1.29 is 34.2 Å². The summed E-state index contributed by atoms with van der Waals surface area (Å²) in [5.41, 5.74) is 16.2. The molecule has 4 atom stereocenters. The number of guanidine groups is 1. The van der Waals surface area contributed by atoms with Crippen molar-refractivity contribution in [3.05, 3.63) is 0 Å². The van der Waals surface area contributed by atoms with Crippen molar-refractivity contribution in [2.45, 2.75) is 63.7 Å². The van der Waals surface area contributed by atoms with Gasteiger partial charge in [0.25, 0.3) is 0 Å². The Morgan fingerprint density at radius 2 is 1.46 bits per heavy atom. The zero-order valence-electron chi connectivity index (χ0n) is 20.2. The van der Waals surface area contributed by atoms with Crippen LogP contribution in [0.25, 0.3) is 0 Å². The number of thioether (sulfide) groups is 1. The molecule has 4 unspecified atom stereocenters. The van der Waals surface area contributed by atoms with Crippen molar-refractivity contribution in [3.63, 3.8) is 0 Å². The van der Waals surface area contributed by atoms with Gasteiger partial charge in [0.1, 0.15) is 18.1 Å². The number of nitrogens with zero attached hydrogens (tertiary/aromatic N) is 1. The molecule has 200 valence electrons. The number of carboxylic acid groups (broad SMARTS) is 2. The highest BCUT2D eigenvalue weighted by Crippen LogP contribution is 2.07. The van der Waals surface area contributed by atoms with Crippen molar-refractivity contribution in [2.75, 3.05) is 18.6 Å². The lowest BCUT2D eigenvalue weighted by atomic mass is 10.0. The Balaban J connectivity index is 5.59. The minimum absolute atomic E-state index is 0.0838. The molecule has 0 heterocycles. The highest BCUT2D eigenvalue weighted by Gasteiger charge is 2.31. The minimum atomic E-state index is -1.36. The molecule has 0 bridgehead atoms. The molecule has 0 saturated carbocycles. The van der Waals surface area contributed by atoms with Crippen LogP contribution in [0.1, 0.15) is 39.5 Å². The summed E-state index contributed by atoms with van der Waals surface area (Å²) in [6, 6.07) is -4.78. The van der Waals surface area contributed by atoms with Crippen molar-refractivity contribution in [1.82, 2.24) is 16.0 Å². The molecule has 0 fully saturated rings. The number of aliphatic imine (C=N–C) groups is 1. The summed E-state index contributed by atoms with van der Waals surface area (Å²) in [6.45, 7) is 3.42. The zero-order chi connectivity index (χ0) is 27.1. The summed E-state index contributed by atoms with van der Waals surface area (Å²) in [6.07, 6.45) is 1.74. The van der Waals surface area contributed by atoms with Gasteiger partial charge in [-0.3, -0.25) is 24.2 Å². The van der Waals surface area contributed by atoms with Crippen LogP contribution in [0, 0.1) is 5.92 Å². The van der Waals surface area contributed by atoms with Gasteiger partial charge in [-0.25, -0.2) is 4.79 Å². The van der Waals surface area contributed by atoms with Crippen LogP contribution in [-0.4, -0.2) is 88.6 Å². The molecule has 15 heteroatoms. The topological polar surface area (TPSA) is 252 Å². The van der Waals surface area contributed by atoms with Crippen LogP contribution in [-0.2, 0) is 24.0 Å². The van der Waals surface area contributed by atoms with Crippen LogP contribution in [0.15, 0.2) is 4.99 Å². The lowest BCUT2D eigenvalue weighted by molar-refractivity contribution is -0.143. The van der Waals surface area contributed by atoms with Gasteiger partial charge in [0.05, 0.1) is 12.5 Å². The second-order valence-electron chi connectivity index (χ2n) is 8.13. The minimum Gasteiger partial charge on any atom is -0.481 e. The van der Waals surface area contributed by atoms with E-state index >= 15 is 0 Å². The van der Waals surface area contributed by atoms with Gasteiger partial charge in [-0.15, -0.1) is 0 Å². The van der Waals surface area contributed by atoms with Gasteiger partial charge >= 0.3 is 11.9 Å². The molecule has 0 aromatic rings. The maximum atomic E-state index is 13.0. The van der Waals surface area contributed by atoms with Crippen molar-refractivity contribution in [3.8, 4) is 0 Å². The van der Waals surface area contributed by atoms with E-state index < -0.39 is 66.2 Å². The van der Waals surface area contributed by atoms with E-state index in [1.165, 1.54) is 11.8 Å². The van der Waals surface area contributed by atoms with Crippen LogP contribution in [0.4, 0.5) is 0 Å². The Labute approximate surface area is 208 Å². The summed E-state index contributed by atoms with van der Waals surface area (Å²) < 4.78 is 0. The number of carbonyl (C=O) groups excluding carboxylic acids is 3. The molecule has 0 saturated heterocycles. The van der Waals surface area contributed by atoms with E-state index in [9.17, 15) is 29.1 Å². The first-order valence-corrected chi connectivity index (χ1v) is 12.3. The lowest BCUT2D eigenvalue weighted by Gasteiger charge is -2.26. The molecular formula is C20H37N7O7S. The summed E-state index contributed by atoms with van der Waals surface area (Å²) in [5, 5.41) is 25.6. The Kier molecular flexibility index (Phi) is 15.1. The van der Waals surface area contributed by atoms with Crippen LogP contribution >= 0.6 is 11.8 Å². The highest BCUT2D eigenvalue weighted by molar-refractivity contribution is 7.98. The Hall–Kier alpha value is -3.07. The first-order chi connectivity index (χ1) is 16.3. The summed E-state index contributed by atoms with van der Waals surface area (Å²) >= 11 is 1.41. The van der Waals surface area contributed by atoms with E-state index in [4.69, 9.17) is 22.3 Å². The maximum Gasteiger partial charge on any atom is 0.326 e. The molecule has 0 aliphatic heterocycles. The second kappa shape index (κ2) is 16.5. The van der Waals surface area contributed by atoms with Crippen molar-refractivity contribution in [2.24, 2.45) is 28.1 Å². The second-order valence-corrected chi connectivity index (χ2v) is 9.11. The fourth-order valence-electron chi connectivity index (χ4n) is 2.88. The normalized spacial score (nSPS) is 14.2. The molecular weight excluding hydrogens is 482 g/mol. The van der Waals surface area contributed by atoms with Gasteiger partial charge in [0, 0.05) is 6.54 Å². The molecule has 14 nitrogen and oxygen atoms in total. The van der Waals surface area contributed by atoms with E-state index in [1.54, 1.807) is 20.1 Å². The Bertz CT molecular complexity index is 775. The molecule has 0 radical (unpaired) electrons. The predicted molar refractivity (Wildman–Crippen MR) is 131 cm³/mol. The molecule has 11 N–H and O–H groups in total. The van der Waals surface area contributed by atoms with E-state index in [1.807, 2.05) is 0 Å². The number of carboxylic acids is 2. The van der Waals surface area contributed by atoms with Gasteiger partial charge in [-0.1, -0.05) is 13.8 Å². The number of aliphatic carboxylic acids is 2. The van der Waals surface area contributed by atoms with Crippen molar-refractivity contribution >= 4 is 47.4 Å². The van der Waals surface area contributed by atoms with Crippen LogP contribution in [0.5, 0.6) is 0 Å². The first kappa shape index (κ1) is 31.9. The average Bonchev–Trinajstić information content (AvgIpc) is 2.75. The van der Waals surface area contributed by atoms with E-state index in [0.29, 0.717) is 12.2 Å². The molecule has 0 rings (SSSR count). The monoisotopic (exact) mass is 519 g/mol. The number of nitrogens with two attached hydrogens (primary N) is 3. The van der Waals surface area contributed by atoms with Crippen LogP contribution in [0.3, 0.4) is 0 Å². The van der Waals surface area contributed by atoms with Crippen LogP contribution in [0.2, 0.25) is 0 Å². The third kappa shape index (κ3) is 13.4. The third-order valence-electron chi connectivity index (χ3n) is 4.78. The third-order valence-corrected chi connectivity index (χ3v) is 5.43. The van der Waals surface area contributed by atoms with E-state index in [-0.39, 0.29) is 25.3 Å². The first-order valence-electron chi connectivity index (χ1n) is 11.0. The summed E-state index contributed by atoms with van der Waals surface area (Å²) in [7, 11) is 0. The average molecular weight is 520 g/mol. The van der Waals surface area contributed by atoms with Gasteiger partial charge in [-0.05, 0) is 37.2 Å². The number of rotatable bonds is 17. The number of hydrogen-bond donors (Lipinski definition) is 8. The van der Waals surface area contributed by atoms with Gasteiger partial charge in [0.2, 0.25) is 17.7 Å². The van der Waals surface area contributed by atoms with Gasteiger partial charge < -0.3 is 43.4 Å². The number of carbonyl (C=O) groups is 5. The summed E-state index contributed by atoms with van der Waals surface area (Å²) in [5.74, 6) is -4.83.